The first-order valence-corrected chi connectivity index (χ1v) is 6.61. The average molecular weight is 290 g/mol. The summed E-state index contributed by atoms with van der Waals surface area (Å²) in [5.74, 6) is 0. The van der Waals surface area contributed by atoms with Gasteiger partial charge >= 0.3 is 0 Å². The second kappa shape index (κ2) is 4.10. The fourth-order valence-corrected chi connectivity index (χ4v) is 3.32. The van der Waals surface area contributed by atoms with Gasteiger partial charge in [0.25, 0.3) is 0 Å². The first-order valence-electron chi connectivity index (χ1n) is 4.00. The molecule has 0 aliphatic rings. The Labute approximate surface area is 98.4 Å². The number of hydrogen-bond donors (Lipinski definition) is 1. The summed E-state index contributed by atoms with van der Waals surface area (Å²) in [7, 11) is 0. The van der Waals surface area contributed by atoms with Crippen molar-refractivity contribution in [2.24, 2.45) is 0 Å². The van der Waals surface area contributed by atoms with Gasteiger partial charge in [-0.15, -0.1) is 11.3 Å². The van der Waals surface area contributed by atoms with Crippen molar-refractivity contribution in [2.75, 3.05) is 0 Å². The van der Waals surface area contributed by atoms with Gasteiger partial charge < -0.3 is 5.11 Å². The van der Waals surface area contributed by atoms with Crippen LogP contribution in [0.2, 0.25) is 0 Å². The van der Waals surface area contributed by atoms with Crippen molar-refractivity contribution in [2.45, 2.75) is 13.0 Å². The van der Waals surface area contributed by atoms with Crippen LogP contribution in [0.1, 0.15) is 22.4 Å². The van der Waals surface area contributed by atoms with Crippen LogP contribution in [-0.4, -0.2) is 10.1 Å². The number of hydrogen-bond acceptors (Lipinski definition) is 4. The monoisotopic (exact) mass is 289 g/mol. The molecule has 0 aliphatic heterocycles. The Morgan fingerprint density at radius 2 is 2.21 bits per heavy atom. The minimum atomic E-state index is -0.611. The Kier molecular flexibility index (Phi) is 3.02. The van der Waals surface area contributed by atoms with Gasteiger partial charge in [0, 0.05) is 20.8 Å². The zero-order chi connectivity index (χ0) is 10.1. The molecule has 0 fully saturated rings. The predicted molar refractivity (Wildman–Crippen MR) is 62.9 cm³/mol. The van der Waals surface area contributed by atoms with Gasteiger partial charge in [-0.3, -0.25) is 0 Å². The predicted octanol–water partition coefficient (Wildman–Crippen LogP) is 3.36. The van der Waals surface area contributed by atoms with Crippen LogP contribution in [0.4, 0.5) is 0 Å². The molecule has 74 valence electrons. The molecule has 0 saturated heterocycles. The lowest BCUT2D eigenvalue weighted by Gasteiger charge is -2.05. The van der Waals surface area contributed by atoms with Gasteiger partial charge in [0.1, 0.15) is 6.10 Å². The van der Waals surface area contributed by atoms with Crippen LogP contribution in [0.3, 0.4) is 0 Å². The van der Waals surface area contributed by atoms with E-state index in [1.165, 1.54) is 0 Å². The van der Waals surface area contributed by atoms with Gasteiger partial charge in [0.05, 0.1) is 10.7 Å². The fraction of sp³-hybridized carbons (Fsp3) is 0.222. The summed E-state index contributed by atoms with van der Waals surface area (Å²) in [6.45, 7) is 1.93. The zero-order valence-corrected chi connectivity index (χ0v) is 10.6. The Balaban J connectivity index is 2.33. The number of halogens is 1. The van der Waals surface area contributed by atoms with Gasteiger partial charge in [0.15, 0.2) is 0 Å². The van der Waals surface area contributed by atoms with Crippen LogP contribution in [0.25, 0.3) is 0 Å². The lowest BCUT2D eigenvalue weighted by Crippen LogP contribution is -1.98. The van der Waals surface area contributed by atoms with Crippen molar-refractivity contribution in [1.82, 2.24) is 4.98 Å². The third kappa shape index (κ3) is 1.91. The van der Waals surface area contributed by atoms with Crippen molar-refractivity contribution in [3.63, 3.8) is 0 Å². The van der Waals surface area contributed by atoms with E-state index in [2.05, 4.69) is 20.9 Å². The highest BCUT2D eigenvalue weighted by atomic mass is 79.9. The van der Waals surface area contributed by atoms with Crippen LogP contribution in [0, 0.1) is 6.92 Å². The number of aromatic nitrogens is 1. The van der Waals surface area contributed by atoms with Crippen molar-refractivity contribution in [1.29, 1.82) is 0 Å². The third-order valence-electron chi connectivity index (χ3n) is 1.85. The maximum absolute atomic E-state index is 10.00. The highest BCUT2D eigenvalue weighted by Gasteiger charge is 2.16. The number of nitrogens with zero attached hydrogens (tertiary/aromatic N) is 1. The van der Waals surface area contributed by atoms with Crippen molar-refractivity contribution < 1.29 is 5.11 Å². The molecule has 1 atom stereocenters. The Bertz CT molecular complexity index is 437. The van der Waals surface area contributed by atoms with E-state index in [1.54, 1.807) is 22.7 Å². The first kappa shape index (κ1) is 10.3. The van der Waals surface area contributed by atoms with Crippen LogP contribution < -0.4 is 0 Å². The third-order valence-corrected chi connectivity index (χ3v) is 4.40. The summed E-state index contributed by atoms with van der Waals surface area (Å²) in [6.07, 6.45) is -0.611. The molecule has 0 aromatic carbocycles. The Morgan fingerprint density at radius 1 is 1.43 bits per heavy atom. The van der Waals surface area contributed by atoms with E-state index in [-0.39, 0.29) is 0 Å². The molecule has 0 aliphatic carbocycles. The molecule has 1 unspecified atom stereocenters. The second-order valence-electron chi connectivity index (χ2n) is 2.87. The molecule has 0 bridgehead atoms. The van der Waals surface area contributed by atoms with Gasteiger partial charge in [-0.05, 0) is 28.2 Å². The molecule has 2 nitrogen and oxygen atoms in total. The number of thiazole rings is 1. The molecule has 14 heavy (non-hydrogen) atoms. The molecule has 0 radical (unpaired) electrons. The quantitative estimate of drug-likeness (QED) is 0.920. The van der Waals surface area contributed by atoms with E-state index in [4.69, 9.17) is 0 Å². The standard InChI is InChI=1S/C9H8BrNOS2/c1-5-11-8(4-14-5)9(12)6-2-13-3-7(6)10/h2-4,9,12H,1H3. The van der Waals surface area contributed by atoms with Crippen LogP contribution in [0.15, 0.2) is 20.6 Å². The summed E-state index contributed by atoms with van der Waals surface area (Å²) in [4.78, 5) is 4.26. The highest BCUT2D eigenvalue weighted by molar-refractivity contribution is 9.10. The van der Waals surface area contributed by atoms with Crippen LogP contribution in [-0.2, 0) is 0 Å². The smallest absolute Gasteiger partial charge is 0.124 e. The first-order chi connectivity index (χ1) is 6.68. The van der Waals surface area contributed by atoms with E-state index in [1.807, 2.05) is 23.1 Å². The molecule has 0 spiro atoms. The molecule has 5 heteroatoms. The molecule has 2 heterocycles. The number of aryl methyl sites for hydroxylation is 1. The summed E-state index contributed by atoms with van der Waals surface area (Å²) in [5.41, 5.74) is 1.62. The molecule has 2 rings (SSSR count). The van der Waals surface area contributed by atoms with Crippen molar-refractivity contribution in [3.05, 3.63) is 36.9 Å². The number of aliphatic hydroxyl groups is 1. The SMILES string of the molecule is Cc1nc(C(O)c2cscc2Br)cs1. The molecule has 0 saturated carbocycles. The molecule has 0 amide bonds. The molecule has 1 N–H and O–H groups in total. The maximum atomic E-state index is 10.00. The molecular weight excluding hydrogens is 282 g/mol. The van der Waals surface area contributed by atoms with Gasteiger partial charge in [-0.1, -0.05) is 0 Å². The summed E-state index contributed by atoms with van der Waals surface area (Å²) >= 11 is 6.51. The maximum Gasteiger partial charge on any atom is 0.124 e. The Morgan fingerprint density at radius 3 is 2.71 bits per heavy atom. The van der Waals surface area contributed by atoms with Gasteiger partial charge in [0.2, 0.25) is 0 Å². The molecule has 2 aromatic heterocycles. The molecular formula is C9H8BrNOS2. The fourth-order valence-electron chi connectivity index (χ4n) is 1.15. The minimum Gasteiger partial charge on any atom is -0.382 e. The molecule has 2 aromatic rings. The number of rotatable bonds is 2. The zero-order valence-electron chi connectivity index (χ0n) is 7.40. The lowest BCUT2D eigenvalue weighted by atomic mass is 10.1. The summed E-state index contributed by atoms with van der Waals surface area (Å²) in [5, 5.41) is 16.8. The lowest BCUT2D eigenvalue weighted by molar-refractivity contribution is 0.215. The van der Waals surface area contributed by atoms with E-state index in [9.17, 15) is 5.11 Å². The normalized spacial score (nSPS) is 13.1. The summed E-state index contributed by atoms with van der Waals surface area (Å²) < 4.78 is 0.945. The number of thiophene rings is 1. The highest BCUT2D eigenvalue weighted by Crippen LogP contribution is 2.31. The van der Waals surface area contributed by atoms with Gasteiger partial charge in [-0.25, -0.2) is 4.98 Å². The topological polar surface area (TPSA) is 33.1 Å². The van der Waals surface area contributed by atoms with Crippen molar-refractivity contribution >= 4 is 38.6 Å². The van der Waals surface area contributed by atoms with E-state index in [0.29, 0.717) is 0 Å². The summed E-state index contributed by atoms with van der Waals surface area (Å²) in [6, 6.07) is 0. The van der Waals surface area contributed by atoms with Gasteiger partial charge in [-0.2, -0.15) is 11.3 Å². The minimum absolute atomic E-state index is 0.611. The van der Waals surface area contributed by atoms with Crippen LogP contribution in [0.5, 0.6) is 0 Å². The van der Waals surface area contributed by atoms with E-state index < -0.39 is 6.10 Å². The van der Waals surface area contributed by atoms with Crippen molar-refractivity contribution in [3.8, 4) is 0 Å². The largest absolute Gasteiger partial charge is 0.382 e. The van der Waals surface area contributed by atoms with Crippen LogP contribution >= 0.6 is 38.6 Å². The van der Waals surface area contributed by atoms with E-state index in [0.717, 1.165) is 20.7 Å². The Hall–Kier alpha value is -0.230. The number of aliphatic hydroxyl groups excluding tert-OH is 1. The average Bonchev–Trinajstić information content (AvgIpc) is 2.73. The van der Waals surface area contributed by atoms with E-state index >= 15 is 0 Å². The second-order valence-corrected chi connectivity index (χ2v) is 5.53.